The molecule has 0 saturated carbocycles. The molecule has 0 amide bonds. The molecule has 1 atom stereocenters. The van der Waals surface area contributed by atoms with Gasteiger partial charge in [0.05, 0.1) is 30.8 Å². The van der Waals surface area contributed by atoms with Crippen molar-refractivity contribution < 1.29 is 17.9 Å². The van der Waals surface area contributed by atoms with E-state index in [1.165, 1.54) is 10.4 Å². The van der Waals surface area contributed by atoms with E-state index >= 15 is 0 Å². The van der Waals surface area contributed by atoms with Gasteiger partial charge in [-0.15, -0.1) is 0 Å². The first-order valence-corrected chi connectivity index (χ1v) is 11.2. The molecule has 30 heavy (non-hydrogen) atoms. The van der Waals surface area contributed by atoms with Gasteiger partial charge in [-0.25, -0.2) is 8.42 Å². The first-order chi connectivity index (χ1) is 14.3. The average molecular weight is 446 g/mol. The lowest BCUT2D eigenvalue weighted by Crippen LogP contribution is -2.34. The Morgan fingerprint density at radius 2 is 1.60 bits per heavy atom. The summed E-state index contributed by atoms with van der Waals surface area (Å²) in [5.41, 5.74) is 2.06. The molecule has 0 spiro atoms. The second-order valence-corrected chi connectivity index (χ2v) is 9.05. The van der Waals surface area contributed by atoms with E-state index in [-0.39, 0.29) is 4.90 Å². The van der Waals surface area contributed by atoms with E-state index in [9.17, 15) is 8.42 Å². The maximum Gasteiger partial charge on any atom is 0.264 e. The lowest BCUT2D eigenvalue weighted by Gasteiger charge is -2.31. The summed E-state index contributed by atoms with van der Waals surface area (Å²) in [7, 11) is -0.801. The smallest absolute Gasteiger partial charge is 0.264 e. The minimum atomic E-state index is -3.93. The lowest BCUT2D eigenvalue weighted by molar-refractivity contribution is 0.407. The van der Waals surface area contributed by atoms with Crippen LogP contribution >= 0.6 is 11.6 Å². The monoisotopic (exact) mass is 445 g/mol. The molecule has 3 rings (SSSR count). The molecule has 0 radical (unpaired) electrons. The van der Waals surface area contributed by atoms with Gasteiger partial charge in [0, 0.05) is 10.6 Å². The Hall–Kier alpha value is -2.70. The van der Waals surface area contributed by atoms with Crippen molar-refractivity contribution in [2.24, 2.45) is 0 Å². The highest BCUT2D eigenvalue weighted by molar-refractivity contribution is 7.92. The van der Waals surface area contributed by atoms with E-state index < -0.39 is 16.1 Å². The van der Waals surface area contributed by atoms with Crippen molar-refractivity contribution in [3.8, 4) is 11.5 Å². The van der Waals surface area contributed by atoms with Gasteiger partial charge >= 0.3 is 0 Å². The van der Waals surface area contributed by atoms with Crippen LogP contribution in [0.15, 0.2) is 71.6 Å². The molecule has 0 heterocycles. The predicted octanol–water partition coefficient (Wildman–Crippen LogP) is 5.62. The van der Waals surface area contributed by atoms with E-state index in [0.717, 1.165) is 11.1 Å². The number of rotatable bonds is 7. The van der Waals surface area contributed by atoms with Crippen LogP contribution in [0.3, 0.4) is 0 Å². The highest BCUT2D eigenvalue weighted by Gasteiger charge is 2.32. The molecule has 0 aliphatic rings. The van der Waals surface area contributed by atoms with Crippen molar-refractivity contribution in [1.82, 2.24) is 0 Å². The van der Waals surface area contributed by atoms with Gasteiger partial charge in [-0.05, 0) is 61.9 Å². The number of ether oxygens (including phenoxy) is 2. The maximum absolute atomic E-state index is 13.8. The van der Waals surface area contributed by atoms with Gasteiger partial charge in [0.2, 0.25) is 0 Å². The third kappa shape index (κ3) is 4.25. The fraction of sp³-hybridized carbons (Fsp3) is 0.217. The van der Waals surface area contributed by atoms with Crippen LogP contribution < -0.4 is 13.8 Å². The Balaban J connectivity index is 2.19. The Bertz CT molecular complexity index is 1130. The molecule has 5 nitrogen and oxygen atoms in total. The largest absolute Gasteiger partial charge is 0.497 e. The number of nitrogens with zero attached hydrogens (tertiary/aromatic N) is 1. The fourth-order valence-corrected chi connectivity index (χ4v) is 5.19. The number of anilines is 1. The van der Waals surface area contributed by atoms with Gasteiger partial charge < -0.3 is 9.47 Å². The highest BCUT2D eigenvalue weighted by Crippen LogP contribution is 2.37. The predicted molar refractivity (Wildman–Crippen MR) is 120 cm³/mol. The lowest BCUT2D eigenvalue weighted by atomic mass is 10.1. The molecule has 0 fully saturated rings. The van der Waals surface area contributed by atoms with Gasteiger partial charge in [0.25, 0.3) is 10.0 Å². The molecule has 3 aromatic carbocycles. The molecular formula is C23H24ClNO4S. The van der Waals surface area contributed by atoms with E-state index in [0.29, 0.717) is 22.2 Å². The van der Waals surface area contributed by atoms with Crippen molar-refractivity contribution >= 4 is 27.3 Å². The number of benzene rings is 3. The van der Waals surface area contributed by atoms with Gasteiger partial charge in [-0.2, -0.15) is 0 Å². The summed E-state index contributed by atoms with van der Waals surface area (Å²) in [6.45, 7) is 3.66. The zero-order chi connectivity index (χ0) is 21.9. The highest BCUT2D eigenvalue weighted by atomic mass is 35.5. The number of para-hydroxylation sites is 1. The molecular weight excluding hydrogens is 422 g/mol. The minimum absolute atomic E-state index is 0.121. The zero-order valence-corrected chi connectivity index (χ0v) is 18.9. The second-order valence-electron chi connectivity index (χ2n) is 6.83. The van der Waals surface area contributed by atoms with Crippen LogP contribution in [0.4, 0.5) is 5.69 Å². The van der Waals surface area contributed by atoms with Crippen LogP contribution in [-0.2, 0) is 10.0 Å². The number of methoxy groups -OCH3 is 2. The normalized spacial score (nSPS) is 12.3. The Morgan fingerprint density at radius 1 is 0.933 bits per heavy atom. The minimum Gasteiger partial charge on any atom is -0.497 e. The van der Waals surface area contributed by atoms with Gasteiger partial charge in [0.1, 0.15) is 11.5 Å². The quantitative estimate of drug-likeness (QED) is 0.473. The number of hydrogen-bond donors (Lipinski definition) is 0. The second kappa shape index (κ2) is 8.98. The summed E-state index contributed by atoms with van der Waals surface area (Å²) < 4.78 is 39.6. The molecule has 1 unspecified atom stereocenters. The topological polar surface area (TPSA) is 55.8 Å². The van der Waals surface area contributed by atoms with E-state index in [2.05, 4.69) is 0 Å². The molecule has 0 saturated heterocycles. The van der Waals surface area contributed by atoms with Crippen LogP contribution in [0.1, 0.15) is 24.1 Å². The molecule has 0 aromatic heterocycles. The number of aryl methyl sites for hydroxylation is 1. The van der Waals surface area contributed by atoms with Crippen molar-refractivity contribution in [3.63, 3.8) is 0 Å². The van der Waals surface area contributed by atoms with Crippen LogP contribution in [0, 0.1) is 6.92 Å². The number of hydrogen-bond acceptors (Lipinski definition) is 4. The van der Waals surface area contributed by atoms with Crippen LogP contribution in [-0.4, -0.2) is 22.6 Å². The first-order valence-electron chi connectivity index (χ1n) is 9.37. The molecule has 0 bridgehead atoms. The molecule has 0 aliphatic carbocycles. The SMILES string of the molecule is COc1ccc(N(C(C)c2ccccc2OC)S(=O)(=O)c2ccc(C)c(Cl)c2)cc1. The van der Waals surface area contributed by atoms with Crippen LogP contribution in [0.5, 0.6) is 11.5 Å². The zero-order valence-electron chi connectivity index (χ0n) is 17.3. The van der Waals surface area contributed by atoms with Gasteiger partial charge in [-0.1, -0.05) is 35.9 Å². The standard InChI is InChI=1S/C23H24ClNO4S/c1-16-9-14-20(15-22(16)24)30(26,27)25(18-10-12-19(28-3)13-11-18)17(2)21-7-5-6-8-23(21)29-4/h5-15,17H,1-4H3. The van der Waals surface area contributed by atoms with E-state index in [1.54, 1.807) is 50.6 Å². The summed E-state index contributed by atoms with van der Waals surface area (Å²) in [4.78, 5) is 0.121. The molecule has 0 aliphatic heterocycles. The van der Waals surface area contributed by atoms with Crippen molar-refractivity contribution in [3.05, 3.63) is 82.9 Å². The molecule has 158 valence electrons. The average Bonchev–Trinajstić information content (AvgIpc) is 2.75. The van der Waals surface area contributed by atoms with Crippen molar-refractivity contribution in [2.75, 3.05) is 18.5 Å². The van der Waals surface area contributed by atoms with Gasteiger partial charge in [0.15, 0.2) is 0 Å². The Labute approximate surface area is 182 Å². The molecule has 7 heteroatoms. The third-order valence-corrected chi connectivity index (χ3v) is 7.27. The Kier molecular flexibility index (Phi) is 6.58. The van der Waals surface area contributed by atoms with Crippen LogP contribution in [0.25, 0.3) is 0 Å². The summed E-state index contributed by atoms with van der Waals surface area (Å²) in [5, 5.41) is 0.399. The third-order valence-electron chi connectivity index (χ3n) is 4.97. The Morgan fingerprint density at radius 3 is 2.20 bits per heavy atom. The van der Waals surface area contributed by atoms with Crippen molar-refractivity contribution in [1.29, 1.82) is 0 Å². The molecule has 0 N–H and O–H groups in total. The fourth-order valence-electron chi connectivity index (χ4n) is 3.29. The van der Waals surface area contributed by atoms with E-state index in [1.807, 2.05) is 38.1 Å². The van der Waals surface area contributed by atoms with Gasteiger partial charge in [-0.3, -0.25) is 4.31 Å². The number of sulfonamides is 1. The van der Waals surface area contributed by atoms with Crippen molar-refractivity contribution in [2.45, 2.75) is 24.8 Å². The summed E-state index contributed by atoms with van der Waals surface area (Å²) >= 11 is 6.23. The molecule has 3 aromatic rings. The summed E-state index contributed by atoms with van der Waals surface area (Å²) in [6, 6.07) is 18.5. The number of halogens is 1. The summed E-state index contributed by atoms with van der Waals surface area (Å²) in [6.07, 6.45) is 0. The van der Waals surface area contributed by atoms with Crippen LogP contribution in [0.2, 0.25) is 5.02 Å². The maximum atomic E-state index is 13.8. The van der Waals surface area contributed by atoms with E-state index in [4.69, 9.17) is 21.1 Å². The first kappa shape index (κ1) is 22.0. The summed E-state index contributed by atoms with van der Waals surface area (Å²) in [5.74, 6) is 1.25.